The molecule has 0 saturated carbocycles. The Morgan fingerprint density at radius 3 is 1.31 bits per heavy atom. The molecule has 45 heavy (non-hydrogen) atoms. The molecule has 0 bridgehead atoms. The van der Waals surface area contributed by atoms with Gasteiger partial charge in [-0.25, -0.2) is 9.97 Å². The minimum atomic E-state index is -0.297. The van der Waals surface area contributed by atoms with Crippen LogP contribution in [0.5, 0.6) is 0 Å². The predicted molar refractivity (Wildman–Crippen MR) is 187 cm³/mol. The Hall–Kier alpha value is -5.74. The van der Waals surface area contributed by atoms with Crippen molar-refractivity contribution in [2.24, 2.45) is 0 Å². The van der Waals surface area contributed by atoms with Gasteiger partial charge in [-0.2, -0.15) is 0 Å². The number of rotatable bonds is 4. The van der Waals surface area contributed by atoms with Crippen LogP contribution in [0.2, 0.25) is 0 Å². The maximum atomic E-state index is 4.80. The van der Waals surface area contributed by atoms with Crippen LogP contribution in [0.3, 0.4) is 0 Å². The zero-order valence-electron chi connectivity index (χ0n) is 25.0. The van der Waals surface area contributed by atoms with Crippen LogP contribution < -0.4 is 0 Å². The lowest BCUT2D eigenvalue weighted by molar-refractivity contribution is 0.643. The first-order valence-electron chi connectivity index (χ1n) is 15.5. The number of benzene rings is 6. The van der Waals surface area contributed by atoms with E-state index in [0.29, 0.717) is 0 Å². The molecule has 4 aromatic heterocycles. The first-order chi connectivity index (χ1) is 22.1. The van der Waals surface area contributed by atoms with Crippen LogP contribution in [-0.4, -0.2) is 19.1 Å². The first-order valence-corrected chi connectivity index (χ1v) is 15.5. The third-order valence-corrected chi connectivity index (χ3v) is 9.99. The topological polar surface area (TPSA) is 35.6 Å². The minimum Gasteiger partial charge on any atom is -0.294 e. The Kier molecular flexibility index (Phi) is 4.76. The molecule has 4 nitrogen and oxygen atoms in total. The second kappa shape index (κ2) is 8.67. The fraction of sp³-hybridized carbons (Fsp3) is 0.0732. The molecule has 4 heterocycles. The van der Waals surface area contributed by atoms with Gasteiger partial charge in [0.25, 0.3) is 0 Å². The number of hydrogen-bond acceptors (Lipinski definition) is 2. The van der Waals surface area contributed by atoms with Gasteiger partial charge < -0.3 is 0 Å². The van der Waals surface area contributed by atoms with Crippen LogP contribution in [0.25, 0.3) is 76.8 Å². The summed E-state index contributed by atoms with van der Waals surface area (Å²) in [6.45, 7) is 4.71. The molecule has 0 aliphatic carbocycles. The maximum absolute atomic E-state index is 4.80. The number of nitrogens with zero attached hydrogens (tertiary/aromatic N) is 4. The van der Waals surface area contributed by atoms with Crippen LogP contribution in [0.15, 0.2) is 134 Å². The summed E-state index contributed by atoms with van der Waals surface area (Å²) in [4.78, 5) is 9.60. The third kappa shape index (κ3) is 3.26. The quantitative estimate of drug-likeness (QED) is 0.195. The molecule has 0 spiro atoms. The van der Waals surface area contributed by atoms with E-state index in [0.717, 1.165) is 11.6 Å². The Bertz CT molecular complexity index is 2530. The molecular weight excluding hydrogens is 548 g/mol. The summed E-state index contributed by atoms with van der Waals surface area (Å²) in [6.07, 6.45) is 3.76. The summed E-state index contributed by atoms with van der Waals surface area (Å²) in [7, 11) is 0. The van der Waals surface area contributed by atoms with Crippen LogP contribution in [0.1, 0.15) is 25.0 Å². The van der Waals surface area contributed by atoms with Crippen molar-refractivity contribution in [3.05, 3.63) is 145 Å². The molecule has 10 aromatic rings. The van der Waals surface area contributed by atoms with Crippen molar-refractivity contribution in [1.82, 2.24) is 19.1 Å². The summed E-state index contributed by atoms with van der Waals surface area (Å²) in [6, 6.07) is 44.1. The Balaban J connectivity index is 1.27. The molecule has 10 rings (SSSR count). The number of hydrogen-bond donors (Lipinski definition) is 0. The molecule has 0 amide bonds. The highest BCUT2D eigenvalue weighted by atomic mass is 15.1. The maximum Gasteiger partial charge on any atom is 0.137 e. The van der Waals surface area contributed by atoms with Crippen LogP contribution in [0, 0.1) is 0 Å². The molecule has 0 aliphatic rings. The summed E-state index contributed by atoms with van der Waals surface area (Å²) in [5.41, 5.74) is 7.00. The Morgan fingerprint density at radius 1 is 0.422 bits per heavy atom. The lowest BCUT2D eigenvalue weighted by atomic mass is 9.76. The third-order valence-electron chi connectivity index (χ3n) is 9.99. The van der Waals surface area contributed by atoms with Crippen LogP contribution >= 0.6 is 0 Å². The van der Waals surface area contributed by atoms with Crippen molar-refractivity contribution < 1.29 is 0 Å². The van der Waals surface area contributed by atoms with Gasteiger partial charge in [-0.05, 0) is 81.2 Å². The van der Waals surface area contributed by atoms with E-state index in [1.54, 1.807) is 0 Å². The van der Waals surface area contributed by atoms with E-state index in [9.17, 15) is 0 Å². The van der Waals surface area contributed by atoms with Crippen molar-refractivity contribution in [3.8, 4) is 11.6 Å². The highest BCUT2D eigenvalue weighted by molar-refractivity contribution is 6.25. The van der Waals surface area contributed by atoms with E-state index in [1.165, 1.54) is 76.3 Å². The van der Waals surface area contributed by atoms with E-state index in [2.05, 4.69) is 132 Å². The predicted octanol–water partition coefficient (Wildman–Crippen LogP) is 10.2. The zero-order chi connectivity index (χ0) is 29.9. The fourth-order valence-electron chi connectivity index (χ4n) is 7.74. The second-order valence-electron chi connectivity index (χ2n) is 12.7. The van der Waals surface area contributed by atoms with Gasteiger partial charge in [-0.1, -0.05) is 86.6 Å². The molecule has 0 aliphatic heterocycles. The summed E-state index contributed by atoms with van der Waals surface area (Å²) in [5, 5.41) is 10.2. The zero-order valence-corrected chi connectivity index (χ0v) is 25.0. The fourth-order valence-corrected chi connectivity index (χ4v) is 7.74. The molecule has 6 aromatic carbocycles. The van der Waals surface area contributed by atoms with Crippen LogP contribution in [-0.2, 0) is 5.41 Å². The monoisotopic (exact) mass is 576 g/mol. The lowest BCUT2D eigenvalue weighted by Crippen LogP contribution is -2.19. The molecule has 0 fully saturated rings. The Morgan fingerprint density at radius 2 is 0.867 bits per heavy atom. The molecule has 212 valence electrons. The highest BCUT2D eigenvalue weighted by Gasteiger charge is 2.29. The van der Waals surface area contributed by atoms with E-state index >= 15 is 0 Å². The average molecular weight is 577 g/mol. The smallest absolute Gasteiger partial charge is 0.137 e. The standard InChI is InChI=1S/C41H28N4/c1-41(2,29-21-27-17-15-25-9-7-11-31-37(25)39(27)33(23-29)44(31)35-13-3-5-19-42-35)30-22-28-18-16-26-10-8-12-32-38(26)40(28)34(24-30)45(32)36-14-4-6-20-43-36/h3-24H,1-2H3. The van der Waals surface area contributed by atoms with E-state index in [-0.39, 0.29) is 5.41 Å². The average Bonchev–Trinajstić information content (AvgIpc) is 3.61. The molecule has 0 atom stereocenters. The number of aromatic nitrogens is 4. The molecule has 0 radical (unpaired) electrons. The number of pyridine rings is 2. The van der Waals surface area contributed by atoms with Gasteiger partial charge in [0, 0.05) is 39.4 Å². The van der Waals surface area contributed by atoms with Crippen molar-refractivity contribution in [3.63, 3.8) is 0 Å². The largest absolute Gasteiger partial charge is 0.294 e. The summed E-state index contributed by atoms with van der Waals surface area (Å²) in [5.74, 6) is 1.87. The van der Waals surface area contributed by atoms with E-state index < -0.39 is 0 Å². The van der Waals surface area contributed by atoms with Crippen molar-refractivity contribution in [1.29, 1.82) is 0 Å². The van der Waals surface area contributed by atoms with Gasteiger partial charge in [0.15, 0.2) is 0 Å². The Labute approximate surface area is 259 Å². The van der Waals surface area contributed by atoms with Crippen molar-refractivity contribution in [2.75, 3.05) is 0 Å². The second-order valence-corrected chi connectivity index (χ2v) is 12.7. The molecule has 0 N–H and O–H groups in total. The van der Waals surface area contributed by atoms with Gasteiger partial charge in [0.05, 0.1) is 22.1 Å². The molecule has 0 unspecified atom stereocenters. The summed E-state index contributed by atoms with van der Waals surface area (Å²) < 4.78 is 4.67. The molecule has 0 saturated heterocycles. The minimum absolute atomic E-state index is 0.297. The normalized spacial score (nSPS) is 12.7. The van der Waals surface area contributed by atoms with Gasteiger partial charge in [-0.3, -0.25) is 9.13 Å². The van der Waals surface area contributed by atoms with E-state index in [4.69, 9.17) is 9.97 Å². The first kappa shape index (κ1) is 24.7. The van der Waals surface area contributed by atoms with Gasteiger partial charge in [0.2, 0.25) is 0 Å². The van der Waals surface area contributed by atoms with E-state index in [1.807, 2.05) is 24.5 Å². The SMILES string of the molecule is CC(C)(c1cc2ccc3cccc4c3c2c(c1)n4-c1ccccn1)c1cc2ccc3cccc4c3c2c(c1)n4-c1ccccn1. The van der Waals surface area contributed by atoms with Gasteiger partial charge in [-0.15, -0.1) is 0 Å². The summed E-state index contributed by atoms with van der Waals surface area (Å²) >= 11 is 0. The van der Waals surface area contributed by atoms with Gasteiger partial charge >= 0.3 is 0 Å². The van der Waals surface area contributed by atoms with Crippen LogP contribution in [0.4, 0.5) is 0 Å². The van der Waals surface area contributed by atoms with Gasteiger partial charge in [0.1, 0.15) is 11.6 Å². The highest BCUT2D eigenvalue weighted by Crippen LogP contribution is 2.45. The molecule has 4 heteroatoms. The van der Waals surface area contributed by atoms with Crippen molar-refractivity contribution in [2.45, 2.75) is 19.3 Å². The molecular formula is C41H28N4. The van der Waals surface area contributed by atoms with Crippen molar-refractivity contribution >= 4 is 65.2 Å². The lowest BCUT2D eigenvalue weighted by Gasteiger charge is -2.28.